The second kappa shape index (κ2) is 7.03. The van der Waals surface area contributed by atoms with Crippen LogP contribution in [0.5, 0.6) is 11.5 Å². The number of hydrogen-bond acceptors (Lipinski definition) is 4. The number of carbonyl (C=O) groups is 1. The van der Waals surface area contributed by atoms with Crippen LogP contribution in [0.2, 0.25) is 5.02 Å². The van der Waals surface area contributed by atoms with E-state index >= 15 is 0 Å². The number of fused-ring (bicyclic) bond motifs is 1. The van der Waals surface area contributed by atoms with E-state index in [0.29, 0.717) is 36.3 Å². The smallest absolute Gasteiger partial charge is 0.224 e. The highest BCUT2D eigenvalue weighted by Crippen LogP contribution is 2.38. The number of ether oxygens (including phenoxy) is 2. The maximum atomic E-state index is 12.0. The third-order valence-corrected chi connectivity index (χ3v) is 4.51. The van der Waals surface area contributed by atoms with Gasteiger partial charge in [0.2, 0.25) is 5.91 Å². The van der Waals surface area contributed by atoms with Crippen LogP contribution in [0.15, 0.2) is 29.6 Å². The maximum Gasteiger partial charge on any atom is 0.224 e. The van der Waals surface area contributed by atoms with Crippen LogP contribution in [-0.2, 0) is 17.6 Å². The van der Waals surface area contributed by atoms with E-state index in [2.05, 4.69) is 11.4 Å². The fourth-order valence-corrected chi connectivity index (χ4v) is 3.29. The van der Waals surface area contributed by atoms with Gasteiger partial charge in [0, 0.05) is 11.4 Å². The van der Waals surface area contributed by atoms with Crippen LogP contribution in [0, 0.1) is 0 Å². The number of nitrogens with one attached hydrogen (secondary N) is 1. The average molecular weight is 338 g/mol. The fourth-order valence-electron chi connectivity index (χ4n) is 2.29. The molecule has 4 nitrogen and oxygen atoms in total. The molecule has 0 spiro atoms. The number of thiophene rings is 1. The number of hydrogen-bond donors (Lipinski definition) is 1. The molecule has 1 aromatic heterocycles. The lowest BCUT2D eigenvalue weighted by Crippen LogP contribution is -2.27. The van der Waals surface area contributed by atoms with Gasteiger partial charge in [-0.1, -0.05) is 17.7 Å². The molecule has 1 aliphatic rings. The summed E-state index contributed by atoms with van der Waals surface area (Å²) < 4.78 is 11.0. The average Bonchev–Trinajstić information content (AvgIpc) is 3.00. The minimum Gasteiger partial charge on any atom is -0.486 e. The molecule has 1 N–H and O–H groups in total. The van der Waals surface area contributed by atoms with Crippen LogP contribution in [0.25, 0.3) is 0 Å². The fraction of sp³-hybridized carbons (Fsp3) is 0.312. The van der Waals surface area contributed by atoms with E-state index in [-0.39, 0.29) is 12.3 Å². The molecule has 116 valence electrons. The second-order valence-electron chi connectivity index (χ2n) is 4.96. The van der Waals surface area contributed by atoms with Crippen LogP contribution in [-0.4, -0.2) is 25.7 Å². The number of benzene rings is 1. The van der Waals surface area contributed by atoms with Crippen molar-refractivity contribution in [2.24, 2.45) is 0 Å². The van der Waals surface area contributed by atoms with Gasteiger partial charge in [-0.2, -0.15) is 0 Å². The van der Waals surface area contributed by atoms with E-state index in [0.717, 1.165) is 12.0 Å². The summed E-state index contributed by atoms with van der Waals surface area (Å²) in [7, 11) is 0. The van der Waals surface area contributed by atoms with Crippen molar-refractivity contribution in [1.82, 2.24) is 5.32 Å². The summed E-state index contributed by atoms with van der Waals surface area (Å²) >= 11 is 7.86. The van der Waals surface area contributed by atoms with E-state index < -0.39 is 0 Å². The SMILES string of the molecule is O=C(Cc1cc(Cl)c2c(c1)OCCO2)NCCc1cccs1. The summed E-state index contributed by atoms with van der Waals surface area (Å²) in [6.07, 6.45) is 1.13. The number of amides is 1. The Balaban J connectivity index is 1.56. The van der Waals surface area contributed by atoms with Gasteiger partial charge in [0.05, 0.1) is 11.4 Å². The predicted octanol–water partition coefficient (Wildman–Crippen LogP) is 3.07. The Kier molecular flexibility index (Phi) is 4.85. The van der Waals surface area contributed by atoms with E-state index in [9.17, 15) is 4.79 Å². The molecule has 1 aromatic carbocycles. The summed E-state index contributed by atoms with van der Waals surface area (Å²) in [5.41, 5.74) is 0.822. The first-order valence-corrected chi connectivity index (χ1v) is 8.35. The van der Waals surface area contributed by atoms with Gasteiger partial charge in [-0.05, 0) is 35.6 Å². The van der Waals surface area contributed by atoms with Gasteiger partial charge in [-0.3, -0.25) is 4.79 Å². The summed E-state index contributed by atoms with van der Waals surface area (Å²) in [5.74, 6) is 1.15. The van der Waals surface area contributed by atoms with Gasteiger partial charge >= 0.3 is 0 Å². The van der Waals surface area contributed by atoms with E-state index in [1.165, 1.54) is 4.88 Å². The minimum absolute atomic E-state index is 0.0238. The van der Waals surface area contributed by atoms with Crippen LogP contribution in [0.3, 0.4) is 0 Å². The molecule has 1 aliphatic heterocycles. The van der Waals surface area contributed by atoms with Crippen molar-refractivity contribution in [3.8, 4) is 11.5 Å². The van der Waals surface area contributed by atoms with Gasteiger partial charge in [0.15, 0.2) is 11.5 Å². The Morgan fingerprint density at radius 3 is 3.00 bits per heavy atom. The highest BCUT2D eigenvalue weighted by molar-refractivity contribution is 7.09. The largest absolute Gasteiger partial charge is 0.486 e. The molecule has 0 radical (unpaired) electrons. The van der Waals surface area contributed by atoms with Crippen molar-refractivity contribution in [2.45, 2.75) is 12.8 Å². The quantitative estimate of drug-likeness (QED) is 0.912. The third kappa shape index (κ3) is 3.72. The molecule has 1 amide bonds. The van der Waals surface area contributed by atoms with E-state index in [1.54, 1.807) is 17.4 Å². The van der Waals surface area contributed by atoms with E-state index in [1.807, 2.05) is 17.5 Å². The van der Waals surface area contributed by atoms with Crippen molar-refractivity contribution >= 4 is 28.8 Å². The molecule has 0 saturated carbocycles. The van der Waals surface area contributed by atoms with Gasteiger partial charge in [-0.15, -0.1) is 11.3 Å². The Hall–Kier alpha value is -1.72. The zero-order chi connectivity index (χ0) is 15.4. The third-order valence-electron chi connectivity index (χ3n) is 3.29. The van der Waals surface area contributed by atoms with Gasteiger partial charge < -0.3 is 14.8 Å². The monoisotopic (exact) mass is 337 g/mol. The molecule has 0 saturated heterocycles. The van der Waals surface area contributed by atoms with Gasteiger partial charge in [-0.25, -0.2) is 0 Å². The zero-order valence-electron chi connectivity index (χ0n) is 11.9. The summed E-state index contributed by atoms with van der Waals surface area (Å²) in [5, 5.41) is 5.44. The van der Waals surface area contributed by atoms with Crippen LogP contribution < -0.4 is 14.8 Å². The minimum atomic E-state index is -0.0238. The first kappa shape index (κ1) is 15.2. The van der Waals surface area contributed by atoms with E-state index in [4.69, 9.17) is 21.1 Å². The highest BCUT2D eigenvalue weighted by atomic mass is 35.5. The van der Waals surface area contributed by atoms with Gasteiger partial charge in [0.1, 0.15) is 13.2 Å². The van der Waals surface area contributed by atoms with Gasteiger partial charge in [0.25, 0.3) is 0 Å². The highest BCUT2D eigenvalue weighted by Gasteiger charge is 2.17. The topological polar surface area (TPSA) is 47.6 Å². The van der Waals surface area contributed by atoms with Crippen molar-refractivity contribution < 1.29 is 14.3 Å². The molecule has 6 heteroatoms. The lowest BCUT2D eigenvalue weighted by molar-refractivity contribution is -0.120. The first-order chi connectivity index (χ1) is 10.7. The molecule has 2 heterocycles. The Bertz CT molecular complexity index is 658. The van der Waals surface area contributed by atoms with Crippen LogP contribution in [0.4, 0.5) is 0 Å². The Labute approximate surface area is 138 Å². The van der Waals surface area contributed by atoms with Crippen molar-refractivity contribution in [3.05, 3.63) is 45.1 Å². The molecular formula is C16H16ClNO3S. The molecule has 0 atom stereocenters. The number of carbonyl (C=O) groups excluding carboxylic acids is 1. The standard InChI is InChI=1S/C16H16ClNO3S/c17-13-8-11(9-14-16(13)21-6-5-20-14)10-15(19)18-4-3-12-2-1-7-22-12/h1-2,7-9H,3-6,10H2,(H,18,19). The van der Waals surface area contributed by atoms with Crippen LogP contribution in [0.1, 0.15) is 10.4 Å². The molecule has 0 bridgehead atoms. The maximum absolute atomic E-state index is 12.0. The van der Waals surface area contributed by atoms with Crippen molar-refractivity contribution in [3.63, 3.8) is 0 Å². The lowest BCUT2D eigenvalue weighted by Gasteiger charge is -2.20. The van der Waals surface area contributed by atoms with Crippen LogP contribution >= 0.6 is 22.9 Å². The normalized spacial score (nSPS) is 13.0. The molecule has 0 aliphatic carbocycles. The molecule has 3 rings (SSSR count). The Morgan fingerprint density at radius 1 is 1.32 bits per heavy atom. The molecule has 2 aromatic rings. The predicted molar refractivity (Wildman–Crippen MR) is 87.2 cm³/mol. The lowest BCUT2D eigenvalue weighted by atomic mass is 10.1. The summed E-state index contributed by atoms with van der Waals surface area (Å²) in [4.78, 5) is 13.3. The van der Waals surface area contributed by atoms with Crippen molar-refractivity contribution in [2.75, 3.05) is 19.8 Å². The first-order valence-electron chi connectivity index (χ1n) is 7.09. The summed E-state index contributed by atoms with van der Waals surface area (Å²) in [6.45, 7) is 1.63. The zero-order valence-corrected chi connectivity index (χ0v) is 13.5. The molecular weight excluding hydrogens is 322 g/mol. The molecule has 0 unspecified atom stereocenters. The van der Waals surface area contributed by atoms with Crippen molar-refractivity contribution in [1.29, 1.82) is 0 Å². The summed E-state index contributed by atoms with van der Waals surface area (Å²) in [6, 6.07) is 7.66. The molecule has 22 heavy (non-hydrogen) atoms. The molecule has 0 fully saturated rings. The number of halogens is 1. The Morgan fingerprint density at radius 2 is 2.18 bits per heavy atom. The number of rotatable bonds is 5. The second-order valence-corrected chi connectivity index (χ2v) is 6.40.